The predicted molar refractivity (Wildman–Crippen MR) is 178 cm³/mol. The van der Waals surface area contributed by atoms with E-state index in [1.807, 2.05) is 6.07 Å². The van der Waals surface area contributed by atoms with Gasteiger partial charge in [0.2, 0.25) is 5.91 Å². The number of thiazole rings is 1. The van der Waals surface area contributed by atoms with Crippen molar-refractivity contribution in [2.45, 2.75) is 18.2 Å². The lowest BCUT2D eigenvalue weighted by Crippen LogP contribution is -2.30. The predicted octanol–water partition coefficient (Wildman–Crippen LogP) is 5.41. The number of anilines is 2. The van der Waals surface area contributed by atoms with Crippen LogP contribution < -0.4 is 25.4 Å². The van der Waals surface area contributed by atoms with Gasteiger partial charge in [0.15, 0.2) is 16.6 Å². The van der Waals surface area contributed by atoms with Crippen LogP contribution in [0.2, 0.25) is 0 Å². The summed E-state index contributed by atoms with van der Waals surface area (Å²) in [6.07, 6.45) is 1.58. The van der Waals surface area contributed by atoms with E-state index < -0.39 is 11.8 Å². The molecule has 0 fully saturated rings. The van der Waals surface area contributed by atoms with Crippen LogP contribution in [0.25, 0.3) is 6.08 Å². The third kappa shape index (κ3) is 9.94. The molecule has 3 amide bonds. The van der Waals surface area contributed by atoms with E-state index in [1.165, 1.54) is 43.4 Å². The smallest absolute Gasteiger partial charge is 0.311 e. The topological polar surface area (TPSA) is 145 Å². The molecule has 1 heterocycles. The van der Waals surface area contributed by atoms with Gasteiger partial charge in [0.05, 0.1) is 38.7 Å². The Hall–Kier alpha value is -5.14. The maximum absolute atomic E-state index is 13.5. The molecule has 0 saturated carbocycles. The number of nitrogens with zero attached hydrogens (tertiary/aromatic N) is 1. The number of amides is 3. The standard InChI is InChI=1S/C33H32N4O7S2/c1-4-44-30(39)18-24-19-46-33(35-24)37-29(38)20-45-25-12-8-11-23(17-25)34-32(41)26(36-31(40)22-9-6-5-7-10-22)15-21-13-14-27(42-2)28(16-21)43-3/h5-17,19H,4,18,20H2,1-3H3,(H,34,41)(H,36,40)(H,35,37,38)/b26-15+. The van der Waals surface area contributed by atoms with E-state index in [0.29, 0.717) is 39.1 Å². The van der Waals surface area contributed by atoms with Crippen molar-refractivity contribution in [3.05, 3.63) is 101 Å². The van der Waals surface area contributed by atoms with Crippen molar-refractivity contribution < 1.29 is 33.4 Å². The Morgan fingerprint density at radius 1 is 0.913 bits per heavy atom. The third-order valence-electron chi connectivity index (χ3n) is 6.14. The number of hydrogen-bond donors (Lipinski definition) is 3. The highest BCUT2D eigenvalue weighted by molar-refractivity contribution is 8.00. The number of carbonyl (C=O) groups is 4. The third-order valence-corrected chi connectivity index (χ3v) is 7.94. The molecule has 3 aromatic carbocycles. The van der Waals surface area contributed by atoms with Crippen LogP contribution in [-0.4, -0.2) is 55.3 Å². The molecular formula is C33H32N4O7S2. The molecule has 0 saturated heterocycles. The number of hydrogen-bond acceptors (Lipinski definition) is 10. The summed E-state index contributed by atoms with van der Waals surface area (Å²) in [7, 11) is 3.03. The number of methoxy groups -OCH3 is 2. The second kappa shape index (κ2) is 16.8. The Bertz CT molecular complexity index is 1720. The molecule has 238 valence electrons. The van der Waals surface area contributed by atoms with Crippen LogP contribution in [0.3, 0.4) is 0 Å². The number of esters is 1. The first-order valence-electron chi connectivity index (χ1n) is 14.0. The number of rotatable bonds is 14. The zero-order valence-electron chi connectivity index (χ0n) is 25.3. The number of carbonyl (C=O) groups excluding carboxylic acids is 4. The van der Waals surface area contributed by atoms with Crippen molar-refractivity contribution in [2.24, 2.45) is 0 Å². The fourth-order valence-electron chi connectivity index (χ4n) is 4.02. The Morgan fingerprint density at radius 3 is 2.43 bits per heavy atom. The van der Waals surface area contributed by atoms with E-state index in [-0.39, 0.29) is 36.4 Å². The van der Waals surface area contributed by atoms with Gasteiger partial charge in [0.1, 0.15) is 5.70 Å². The van der Waals surface area contributed by atoms with Crippen LogP contribution in [-0.2, 0) is 25.5 Å². The maximum Gasteiger partial charge on any atom is 0.311 e. The largest absolute Gasteiger partial charge is 0.493 e. The molecule has 0 aliphatic rings. The summed E-state index contributed by atoms with van der Waals surface area (Å²) >= 11 is 2.49. The van der Waals surface area contributed by atoms with Gasteiger partial charge in [-0.1, -0.05) is 30.3 Å². The molecule has 1 aromatic heterocycles. The van der Waals surface area contributed by atoms with Crippen LogP contribution in [0.15, 0.2) is 88.8 Å². The lowest BCUT2D eigenvalue weighted by atomic mass is 10.1. The van der Waals surface area contributed by atoms with Gasteiger partial charge < -0.3 is 30.2 Å². The lowest BCUT2D eigenvalue weighted by Gasteiger charge is -2.13. The summed E-state index contributed by atoms with van der Waals surface area (Å²) in [6.45, 7) is 2.02. The van der Waals surface area contributed by atoms with E-state index in [1.54, 1.807) is 79.0 Å². The fraction of sp³-hybridized carbons (Fsp3) is 0.182. The molecule has 0 aliphatic heterocycles. The first kappa shape index (κ1) is 33.7. The van der Waals surface area contributed by atoms with Gasteiger partial charge in [-0.05, 0) is 61.0 Å². The maximum atomic E-state index is 13.5. The van der Waals surface area contributed by atoms with Crippen molar-refractivity contribution in [1.29, 1.82) is 0 Å². The molecule has 0 spiro atoms. The SMILES string of the molecule is CCOC(=O)Cc1csc(NC(=O)CSc2cccc(NC(=O)/C(=C\c3ccc(OC)c(OC)c3)NC(=O)c3ccccc3)c2)n1. The van der Waals surface area contributed by atoms with Crippen molar-refractivity contribution in [2.75, 3.05) is 37.2 Å². The monoisotopic (exact) mass is 660 g/mol. The first-order valence-corrected chi connectivity index (χ1v) is 15.9. The summed E-state index contributed by atoms with van der Waals surface area (Å²) in [4.78, 5) is 55.7. The molecular weight excluding hydrogens is 629 g/mol. The Balaban J connectivity index is 1.43. The number of benzene rings is 3. The van der Waals surface area contributed by atoms with Gasteiger partial charge in [0.25, 0.3) is 11.8 Å². The van der Waals surface area contributed by atoms with Crippen molar-refractivity contribution in [1.82, 2.24) is 10.3 Å². The second-order valence-electron chi connectivity index (χ2n) is 9.44. The highest BCUT2D eigenvalue weighted by Crippen LogP contribution is 2.29. The Morgan fingerprint density at radius 2 is 1.70 bits per heavy atom. The van der Waals surface area contributed by atoms with Crippen LogP contribution in [0.4, 0.5) is 10.8 Å². The molecule has 11 nitrogen and oxygen atoms in total. The summed E-state index contributed by atoms with van der Waals surface area (Å²) in [5, 5.41) is 10.4. The molecule has 4 rings (SSSR count). The van der Waals surface area contributed by atoms with Crippen LogP contribution in [0.5, 0.6) is 11.5 Å². The highest BCUT2D eigenvalue weighted by Gasteiger charge is 2.17. The quantitative estimate of drug-likeness (QED) is 0.0919. The van der Waals surface area contributed by atoms with Crippen molar-refractivity contribution in [3.8, 4) is 11.5 Å². The lowest BCUT2D eigenvalue weighted by molar-refractivity contribution is -0.142. The normalized spacial score (nSPS) is 10.9. The number of aromatic nitrogens is 1. The van der Waals surface area contributed by atoms with E-state index >= 15 is 0 Å². The zero-order valence-corrected chi connectivity index (χ0v) is 27.0. The number of ether oxygens (including phenoxy) is 3. The van der Waals surface area contributed by atoms with Gasteiger partial charge >= 0.3 is 5.97 Å². The van der Waals surface area contributed by atoms with Crippen LogP contribution in [0.1, 0.15) is 28.5 Å². The molecule has 3 N–H and O–H groups in total. The molecule has 13 heteroatoms. The molecule has 0 aliphatic carbocycles. The Kier molecular flexibility index (Phi) is 12.3. The van der Waals surface area contributed by atoms with Gasteiger partial charge in [0, 0.05) is 21.5 Å². The molecule has 0 bridgehead atoms. The molecule has 0 atom stereocenters. The van der Waals surface area contributed by atoms with Crippen LogP contribution in [0, 0.1) is 0 Å². The highest BCUT2D eigenvalue weighted by atomic mass is 32.2. The Labute approximate surface area is 274 Å². The summed E-state index contributed by atoms with van der Waals surface area (Å²) in [5.41, 5.74) is 1.97. The molecule has 0 unspecified atom stereocenters. The minimum atomic E-state index is -0.554. The average molecular weight is 661 g/mol. The second-order valence-corrected chi connectivity index (χ2v) is 11.3. The molecule has 0 radical (unpaired) electrons. The summed E-state index contributed by atoms with van der Waals surface area (Å²) in [6, 6.07) is 20.7. The van der Waals surface area contributed by atoms with Crippen molar-refractivity contribution >= 4 is 63.7 Å². The molecule has 46 heavy (non-hydrogen) atoms. The summed E-state index contributed by atoms with van der Waals surface area (Å²) < 4.78 is 15.6. The molecule has 4 aromatic rings. The number of nitrogens with one attached hydrogen (secondary N) is 3. The minimum Gasteiger partial charge on any atom is -0.493 e. The van der Waals surface area contributed by atoms with Gasteiger partial charge in [-0.25, -0.2) is 4.98 Å². The van der Waals surface area contributed by atoms with E-state index in [4.69, 9.17) is 14.2 Å². The minimum absolute atomic E-state index is 0.00396. The fourth-order valence-corrected chi connectivity index (χ4v) is 5.50. The van der Waals surface area contributed by atoms with Crippen molar-refractivity contribution in [3.63, 3.8) is 0 Å². The van der Waals surface area contributed by atoms with E-state index in [2.05, 4.69) is 20.9 Å². The first-order chi connectivity index (χ1) is 22.3. The van der Waals surface area contributed by atoms with E-state index in [0.717, 1.165) is 4.90 Å². The van der Waals surface area contributed by atoms with Gasteiger partial charge in [-0.3, -0.25) is 19.2 Å². The zero-order chi connectivity index (χ0) is 32.9. The van der Waals surface area contributed by atoms with E-state index in [9.17, 15) is 19.2 Å². The number of thioether (sulfide) groups is 1. The van der Waals surface area contributed by atoms with Crippen LogP contribution >= 0.6 is 23.1 Å². The van der Waals surface area contributed by atoms with Gasteiger partial charge in [-0.15, -0.1) is 23.1 Å². The van der Waals surface area contributed by atoms with Gasteiger partial charge in [-0.2, -0.15) is 0 Å². The summed E-state index contributed by atoms with van der Waals surface area (Å²) in [5.74, 6) is -0.594. The average Bonchev–Trinajstić information content (AvgIpc) is 3.49.